The Morgan fingerprint density at radius 2 is 2.25 bits per heavy atom. The first-order chi connectivity index (χ1) is 11.6. The van der Waals surface area contributed by atoms with Gasteiger partial charge >= 0.3 is 6.09 Å². The van der Waals surface area contributed by atoms with Gasteiger partial charge in [0.25, 0.3) is 0 Å². The van der Waals surface area contributed by atoms with Crippen LogP contribution in [0.5, 0.6) is 0 Å². The van der Waals surface area contributed by atoms with Crippen molar-refractivity contribution in [1.82, 2.24) is 24.6 Å². The number of ether oxygens (including phenoxy) is 1. The first-order valence-corrected chi connectivity index (χ1v) is 9.15. The number of hydrogen-bond donors (Lipinski definition) is 0. The van der Waals surface area contributed by atoms with Crippen molar-refractivity contribution < 1.29 is 9.53 Å². The number of carbonyl (C=O) groups is 1. The first kappa shape index (κ1) is 15.8. The Balaban J connectivity index is 1.59. The third kappa shape index (κ3) is 2.22. The molecule has 4 heterocycles. The van der Waals surface area contributed by atoms with Gasteiger partial charge in [0.2, 0.25) is 0 Å². The highest BCUT2D eigenvalue weighted by atomic mass is 79.9. The number of fused-ring (bicyclic) bond motifs is 2. The predicted molar refractivity (Wildman–Crippen MR) is 91.7 cm³/mol. The molecule has 2 saturated heterocycles. The van der Waals surface area contributed by atoms with Gasteiger partial charge in [0.15, 0.2) is 5.65 Å². The summed E-state index contributed by atoms with van der Waals surface area (Å²) in [7, 11) is 0. The average Bonchev–Trinajstić information content (AvgIpc) is 3.17. The van der Waals surface area contributed by atoms with Crippen LogP contribution in [0.15, 0.2) is 10.9 Å². The van der Waals surface area contributed by atoms with E-state index in [1.165, 1.54) is 0 Å². The summed E-state index contributed by atoms with van der Waals surface area (Å²) >= 11 is 3.53. The van der Waals surface area contributed by atoms with Crippen LogP contribution in [0.25, 0.3) is 11.0 Å². The second-order valence-electron chi connectivity index (χ2n) is 6.74. The second kappa shape index (κ2) is 5.68. The van der Waals surface area contributed by atoms with Crippen LogP contribution in [0.3, 0.4) is 0 Å². The lowest BCUT2D eigenvalue weighted by Gasteiger charge is -2.36. The molecule has 0 atom stereocenters. The highest BCUT2D eigenvalue weighted by molar-refractivity contribution is 9.10. The number of unbranched alkanes of at least 4 members (excludes halogenated alkanes) is 1. The van der Waals surface area contributed by atoms with E-state index in [1.807, 2.05) is 16.5 Å². The largest absolute Gasteiger partial charge is 0.449 e. The van der Waals surface area contributed by atoms with Gasteiger partial charge in [-0.15, -0.1) is 0 Å². The molecule has 8 heteroatoms. The van der Waals surface area contributed by atoms with Crippen molar-refractivity contribution in [2.75, 3.05) is 13.2 Å². The second-order valence-corrected chi connectivity index (χ2v) is 7.49. The van der Waals surface area contributed by atoms with E-state index in [1.54, 1.807) is 6.33 Å². The fraction of sp³-hybridized carbons (Fsp3) is 0.625. The van der Waals surface area contributed by atoms with E-state index in [4.69, 9.17) is 4.74 Å². The van der Waals surface area contributed by atoms with E-state index in [9.17, 15) is 4.79 Å². The minimum atomic E-state index is -0.200. The first-order valence-electron chi connectivity index (χ1n) is 8.35. The number of carbonyl (C=O) groups excluding carboxylic acids is 1. The summed E-state index contributed by atoms with van der Waals surface area (Å²) in [5.74, 6) is 0. The standard InChI is InChI=1S/C16H20BrN5O2/c1-3-4-5-24-15(23)21-8-16(6-11(21)7-16)22-14-12(13(17)20-22)10(2)18-9-19-14/h9,11H,3-8H2,1-2H3. The summed E-state index contributed by atoms with van der Waals surface area (Å²) in [5, 5.41) is 5.61. The lowest BCUT2D eigenvalue weighted by molar-refractivity contribution is 0.0978. The van der Waals surface area contributed by atoms with Crippen molar-refractivity contribution in [2.45, 2.75) is 51.1 Å². The summed E-state index contributed by atoms with van der Waals surface area (Å²) in [6.07, 6.45) is 5.11. The Morgan fingerprint density at radius 1 is 1.46 bits per heavy atom. The molecular weight excluding hydrogens is 374 g/mol. The minimum Gasteiger partial charge on any atom is -0.449 e. The van der Waals surface area contributed by atoms with Crippen molar-refractivity contribution in [3.63, 3.8) is 0 Å². The molecule has 0 radical (unpaired) electrons. The number of rotatable bonds is 4. The van der Waals surface area contributed by atoms with Gasteiger partial charge in [0.1, 0.15) is 10.9 Å². The Hall–Kier alpha value is -1.70. The molecule has 1 saturated carbocycles. The molecule has 0 N–H and O–H groups in total. The van der Waals surface area contributed by atoms with Crippen molar-refractivity contribution in [3.05, 3.63) is 16.6 Å². The molecule has 0 unspecified atom stereocenters. The Bertz CT molecular complexity index is 799. The third-order valence-electron chi connectivity index (χ3n) is 5.16. The van der Waals surface area contributed by atoms with E-state index in [-0.39, 0.29) is 17.7 Å². The average molecular weight is 394 g/mol. The summed E-state index contributed by atoms with van der Waals surface area (Å²) in [6.45, 7) is 5.16. The zero-order chi connectivity index (χ0) is 16.9. The van der Waals surface area contributed by atoms with Crippen molar-refractivity contribution in [2.24, 2.45) is 0 Å². The summed E-state index contributed by atoms with van der Waals surface area (Å²) in [6, 6.07) is 0.250. The maximum absolute atomic E-state index is 12.3. The highest BCUT2D eigenvalue weighted by Gasteiger charge is 2.59. The molecule has 3 aliphatic rings. The van der Waals surface area contributed by atoms with Gasteiger partial charge < -0.3 is 9.64 Å². The van der Waals surface area contributed by atoms with Crippen molar-refractivity contribution in [1.29, 1.82) is 0 Å². The maximum atomic E-state index is 12.3. The highest BCUT2D eigenvalue weighted by Crippen LogP contribution is 2.51. The Labute approximate surface area is 148 Å². The number of nitrogens with zero attached hydrogens (tertiary/aromatic N) is 5. The zero-order valence-corrected chi connectivity index (χ0v) is 15.4. The minimum absolute atomic E-state index is 0.167. The third-order valence-corrected chi connectivity index (χ3v) is 5.71. The molecule has 0 aromatic carbocycles. The summed E-state index contributed by atoms with van der Waals surface area (Å²) < 4.78 is 8.12. The fourth-order valence-corrected chi connectivity index (χ4v) is 4.46. The van der Waals surface area contributed by atoms with Crippen LogP contribution in [-0.4, -0.2) is 49.9 Å². The lowest BCUT2D eigenvalue weighted by atomic mass is 9.78. The molecule has 24 heavy (non-hydrogen) atoms. The zero-order valence-electron chi connectivity index (χ0n) is 13.8. The molecule has 2 bridgehead atoms. The van der Waals surface area contributed by atoms with E-state index in [2.05, 4.69) is 37.9 Å². The van der Waals surface area contributed by atoms with Crippen LogP contribution in [0.2, 0.25) is 0 Å². The number of aromatic nitrogens is 4. The van der Waals surface area contributed by atoms with Crippen LogP contribution >= 0.6 is 15.9 Å². The van der Waals surface area contributed by atoms with Crippen molar-refractivity contribution in [3.8, 4) is 0 Å². The smallest absolute Gasteiger partial charge is 0.410 e. The SMILES string of the molecule is CCCCOC(=O)N1CC2(n3nc(Br)c4c(C)ncnc43)CC1C2. The Kier molecular flexibility index (Phi) is 3.74. The van der Waals surface area contributed by atoms with E-state index < -0.39 is 0 Å². The van der Waals surface area contributed by atoms with E-state index in [0.717, 1.165) is 47.0 Å². The van der Waals surface area contributed by atoms with Crippen molar-refractivity contribution >= 4 is 33.1 Å². The van der Waals surface area contributed by atoms with Gasteiger partial charge in [-0.2, -0.15) is 5.10 Å². The van der Waals surface area contributed by atoms with Crippen LogP contribution in [-0.2, 0) is 10.3 Å². The van der Waals surface area contributed by atoms with Gasteiger partial charge in [-0.05, 0) is 42.1 Å². The van der Waals surface area contributed by atoms with Crippen LogP contribution in [0, 0.1) is 6.92 Å². The normalized spacial score (nSPS) is 25.1. The number of aryl methyl sites for hydroxylation is 1. The molecule has 2 aromatic rings. The molecule has 7 nitrogen and oxygen atoms in total. The molecule has 1 aliphatic carbocycles. The number of hydrogen-bond acceptors (Lipinski definition) is 5. The van der Waals surface area contributed by atoms with Crippen LogP contribution in [0.4, 0.5) is 4.79 Å². The fourth-order valence-electron chi connectivity index (χ4n) is 3.83. The summed E-state index contributed by atoms with van der Waals surface area (Å²) in [4.78, 5) is 22.8. The quantitative estimate of drug-likeness (QED) is 0.746. The predicted octanol–water partition coefficient (Wildman–Crippen LogP) is 3.01. The molecular formula is C16H20BrN5O2. The number of amides is 1. The molecule has 3 fully saturated rings. The van der Waals surface area contributed by atoms with Crippen LogP contribution < -0.4 is 0 Å². The van der Waals surface area contributed by atoms with Gasteiger partial charge in [-0.25, -0.2) is 19.4 Å². The molecule has 128 valence electrons. The molecule has 5 rings (SSSR count). The Morgan fingerprint density at radius 3 is 3.00 bits per heavy atom. The molecule has 2 aromatic heterocycles. The van der Waals surface area contributed by atoms with E-state index >= 15 is 0 Å². The topological polar surface area (TPSA) is 73.1 Å². The van der Waals surface area contributed by atoms with E-state index in [0.29, 0.717) is 13.2 Å². The van der Waals surface area contributed by atoms with Crippen LogP contribution in [0.1, 0.15) is 38.3 Å². The van der Waals surface area contributed by atoms with Gasteiger partial charge in [0, 0.05) is 12.6 Å². The lowest BCUT2D eigenvalue weighted by Crippen LogP contribution is -2.44. The number of halogens is 1. The monoisotopic (exact) mass is 393 g/mol. The van der Waals surface area contributed by atoms with Gasteiger partial charge in [0.05, 0.1) is 23.2 Å². The molecule has 2 aliphatic heterocycles. The summed E-state index contributed by atoms with van der Waals surface area (Å²) in [5.41, 5.74) is 1.56. The van der Waals surface area contributed by atoms with Gasteiger partial charge in [-0.3, -0.25) is 0 Å². The van der Waals surface area contributed by atoms with Gasteiger partial charge in [-0.1, -0.05) is 13.3 Å². The molecule has 0 spiro atoms. The molecule has 1 amide bonds. The maximum Gasteiger partial charge on any atom is 0.410 e.